The highest BCUT2D eigenvalue weighted by molar-refractivity contribution is 5.85. The van der Waals surface area contributed by atoms with E-state index in [-0.39, 0.29) is 0 Å². The average molecular weight is 272 g/mol. The molecule has 0 amide bonds. The van der Waals surface area contributed by atoms with Crippen LogP contribution in [0, 0.1) is 6.92 Å². The molecule has 2 heterocycles. The first-order chi connectivity index (χ1) is 9.70. The quantitative estimate of drug-likeness (QED) is 0.894. The fourth-order valence-electron chi connectivity index (χ4n) is 3.31. The van der Waals surface area contributed by atoms with Crippen LogP contribution in [-0.4, -0.2) is 54.6 Å². The summed E-state index contributed by atoms with van der Waals surface area (Å²) in [7, 11) is 2.19. The van der Waals surface area contributed by atoms with Gasteiger partial charge in [0.15, 0.2) is 0 Å². The van der Waals surface area contributed by atoms with Gasteiger partial charge in [-0.3, -0.25) is 4.90 Å². The van der Waals surface area contributed by atoms with E-state index in [0.29, 0.717) is 12.6 Å². The molecule has 4 nitrogen and oxygen atoms in total. The number of benzene rings is 1. The lowest BCUT2D eigenvalue weighted by molar-refractivity contribution is 0.115. The summed E-state index contributed by atoms with van der Waals surface area (Å²) in [5.74, 6) is 0. The fraction of sp³-hybridized carbons (Fsp3) is 0.500. The number of aromatic nitrogens is 1. The Bertz CT molecular complexity index is 581. The fourth-order valence-corrected chi connectivity index (χ4v) is 3.31. The summed E-state index contributed by atoms with van der Waals surface area (Å²) < 4.78 is 0. The second-order valence-corrected chi connectivity index (χ2v) is 5.80. The molecule has 1 fully saturated rings. The van der Waals surface area contributed by atoms with Gasteiger partial charge in [0.25, 0.3) is 0 Å². The van der Waals surface area contributed by atoms with E-state index >= 15 is 0 Å². The Morgan fingerprint density at radius 3 is 2.60 bits per heavy atom. The SMILES string of the molecule is Cc1[nH]c2ccccc2c1C(CN)N1CCN(C)CC1. The number of hydrogen-bond donors (Lipinski definition) is 2. The van der Waals surface area contributed by atoms with Crippen LogP contribution in [0.3, 0.4) is 0 Å². The molecule has 1 aliphatic rings. The maximum atomic E-state index is 6.12. The van der Waals surface area contributed by atoms with Gasteiger partial charge in [0.05, 0.1) is 0 Å². The van der Waals surface area contributed by atoms with Crippen molar-refractivity contribution >= 4 is 10.9 Å². The van der Waals surface area contributed by atoms with E-state index in [1.807, 2.05) is 0 Å². The molecule has 0 radical (unpaired) electrons. The first-order valence-electron chi connectivity index (χ1n) is 7.40. The molecule has 0 saturated carbocycles. The van der Waals surface area contributed by atoms with Crippen LogP contribution in [0.1, 0.15) is 17.3 Å². The molecule has 3 rings (SSSR count). The van der Waals surface area contributed by atoms with Gasteiger partial charge in [-0.1, -0.05) is 18.2 Å². The van der Waals surface area contributed by atoms with Crippen LogP contribution >= 0.6 is 0 Å². The number of nitrogens with two attached hydrogens (primary N) is 1. The summed E-state index contributed by atoms with van der Waals surface area (Å²) in [6.45, 7) is 7.27. The van der Waals surface area contributed by atoms with Crippen LogP contribution in [0.15, 0.2) is 24.3 Å². The van der Waals surface area contributed by atoms with Gasteiger partial charge < -0.3 is 15.6 Å². The Morgan fingerprint density at radius 1 is 1.20 bits per heavy atom. The van der Waals surface area contributed by atoms with E-state index in [2.05, 4.69) is 53.0 Å². The third-order valence-electron chi connectivity index (χ3n) is 4.48. The Morgan fingerprint density at radius 2 is 1.90 bits per heavy atom. The summed E-state index contributed by atoms with van der Waals surface area (Å²) in [5.41, 5.74) is 9.97. The molecule has 2 aromatic rings. The molecule has 20 heavy (non-hydrogen) atoms. The minimum atomic E-state index is 0.319. The number of fused-ring (bicyclic) bond motifs is 1. The molecule has 1 atom stereocenters. The summed E-state index contributed by atoms with van der Waals surface area (Å²) >= 11 is 0. The smallest absolute Gasteiger partial charge is 0.0495 e. The molecule has 1 aromatic heterocycles. The van der Waals surface area contributed by atoms with Crippen LogP contribution in [-0.2, 0) is 0 Å². The number of H-pyrrole nitrogens is 1. The topological polar surface area (TPSA) is 48.3 Å². The van der Waals surface area contributed by atoms with E-state index in [1.54, 1.807) is 0 Å². The second-order valence-electron chi connectivity index (χ2n) is 5.80. The van der Waals surface area contributed by atoms with Gasteiger partial charge in [-0.25, -0.2) is 0 Å². The molecule has 1 aliphatic heterocycles. The number of hydrogen-bond acceptors (Lipinski definition) is 3. The first kappa shape index (κ1) is 13.6. The zero-order valence-corrected chi connectivity index (χ0v) is 12.4. The highest BCUT2D eigenvalue weighted by Gasteiger charge is 2.26. The second kappa shape index (κ2) is 5.56. The lowest BCUT2D eigenvalue weighted by Gasteiger charge is -2.37. The number of para-hydroxylation sites is 1. The first-order valence-corrected chi connectivity index (χ1v) is 7.40. The predicted octanol–water partition coefficient (Wildman–Crippen LogP) is 1.72. The van der Waals surface area contributed by atoms with Gasteiger partial charge in [-0.15, -0.1) is 0 Å². The van der Waals surface area contributed by atoms with Crippen LogP contribution in [0.5, 0.6) is 0 Å². The minimum absolute atomic E-state index is 0.319. The van der Waals surface area contributed by atoms with Gasteiger partial charge in [0, 0.05) is 55.4 Å². The van der Waals surface area contributed by atoms with Crippen LogP contribution < -0.4 is 5.73 Å². The molecule has 3 N–H and O–H groups in total. The van der Waals surface area contributed by atoms with Crippen molar-refractivity contribution in [2.45, 2.75) is 13.0 Å². The Labute approximate surface area is 120 Å². The van der Waals surface area contributed by atoms with Gasteiger partial charge in [0.2, 0.25) is 0 Å². The molecule has 1 unspecified atom stereocenters. The van der Waals surface area contributed by atoms with Crippen molar-refractivity contribution in [3.63, 3.8) is 0 Å². The number of nitrogens with zero attached hydrogens (tertiary/aromatic N) is 2. The highest BCUT2D eigenvalue weighted by atomic mass is 15.3. The molecular weight excluding hydrogens is 248 g/mol. The Kier molecular flexibility index (Phi) is 3.78. The van der Waals surface area contributed by atoms with Crippen LogP contribution in [0.25, 0.3) is 10.9 Å². The Balaban J connectivity index is 1.97. The largest absolute Gasteiger partial charge is 0.358 e. The lowest BCUT2D eigenvalue weighted by Crippen LogP contribution is -2.47. The number of aromatic amines is 1. The Hall–Kier alpha value is -1.36. The van der Waals surface area contributed by atoms with E-state index < -0.39 is 0 Å². The van der Waals surface area contributed by atoms with E-state index in [9.17, 15) is 0 Å². The maximum Gasteiger partial charge on any atom is 0.0495 e. The van der Waals surface area contributed by atoms with E-state index in [0.717, 1.165) is 26.2 Å². The predicted molar refractivity (Wildman–Crippen MR) is 83.9 cm³/mol. The monoisotopic (exact) mass is 272 g/mol. The molecule has 0 bridgehead atoms. The summed E-state index contributed by atoms with van der Waals surface area (Å²) in [4.78, 5) is 8.41. The number of nitrogens with one attached hydrogen (secondary N) is 1. The number of likely N-dealkylation sites (N-methyl/N-ethyl adjacent to an activating group) is 1. The van der Waals surface area contributed by atoms with Crippen LogP contribution in [0.4, 0.5) is 0 Å². The normalized spacial score (nSPS) is 19.6. The van der Waals surface area contributed by atoms with Crippen molar-refractivity contribution in [1.29, 1.82) is 0 Å². The van der Waals surface area contributed by atoms with Crippen LogP contribution in [0.2, 0.25) is 0 Å². The van der Waals surface area contributed by atoms with Gasteiger partial charge in [-0.05, 0) is 25.6 Å². The molecule has 0 aliphatic carbocycles. The summed E-state index contributed by atoms with van der Waals surface area (Å²) in [6, 6.07) is 8.85. The minimum Gasteiger partial charge on any atom is -0.358 e. The van der Waals surface area contributed by atoms with Gasteiger partial charge in [0.1, 0.15) is 0 Å². The molecule has 1 aromatic carbocycles. The standard InChI is InChI=1S/C16H24N4/c1-12-16(13-5-3-4-6-14(13)18-12)15(11-17)20-9-7-19(2)8-10-20/h3-6,15,18H,7-11,17H2,1-2H3. The molecule has 108 valence electrons. The molecule has 4 heteroatoms. The molecule has 0 spiro atoms. The molecule has 1 saturated heterocycles. The van der Waals surface area contributed by atoms with Crippen molar-refractivity contribution in [3.8, 4) is 0 Å². The highest BCUT2D eigenvalue weighted by Crippen LogP contribution is 2.31. The zero-order valence-electron chi connectivity index (χ0n) is 12.4. The third kappa shape index (κ3) is 2.35. The van der Waals surface area contributed by atoms with Crippen molar-refractivity contribution < 1.29 is 0 Å². The summed E-state index contributed by atoms with van der Waals surface area (Å²) in [5, 5.41) is 1.32. The maximum absolute atomic E-state index is 6.12. The third-order valence-corrected chi connectivity index (χ3v) is 4.48. The van der Waals surface area contributed by atoms with E-state index in [1.165, 1.54) is 22.2 Å². The molecular formula is C16H24N4. The van der Waals surface area contributed by atoms with Crippen molar-refractivity contribution in [3.05, 3.63) is 35.5 Å². The van der Waals surface area contributed by atoms with Gasteiger partial charge in [-0.2, -0.15) is 0 Å². The number of aryl methyl sites for hydroxylation is 1. The van der Waals surface area contributed by atoms with E-state index in [4.69, 9.17) is 5.73 Å². The van der Waals surface area contributed by atoms with Gasteiger partial charge >= 0.3 is 0 Å². The summed E-state index contributed by atoms with van der Waals surface area (Å²) in [6.07, 6.45) is 0. The average Bonchev–Trinajstić information content (AvgIpc) is 2.79. The lowest BCUT2D eigenvalue weighted by atomic mass is 10.0. The van der Waals surface area contributed by atoms with Crippen molar-refractivity contribution in [1.82, 2.24) is 14.8 Å². The zero-order chi connectivity index (χ0) is 14.1. The van der Waals surface area contributed by atoms with Crippen molar-refractivity contribution in [2.75, 3.05) is 39.8 Å². The van der Waals surface area contributed by atoms with Crippen molar-refractivity contribution in [2.24, 2.45) is 5.73 Å². The number of rotatable bonds is 3. The number of piperazine rings is 1.